The summed E-state index contributed by atoms with van der Waals surface area (Å²) in [7, 11) is 2.78. The van der Waals surface area contributed by atoms with E-state index in [1.807, 2.05) is 24.3 Å². The average Bonchev–Trinajstić information content (AvgIpc) is 3.15. The van der Waals surface area contributed by atoms with Crippen molar-refractivity contribution in [1.29, 1.82) is 0 Å². The average molecular weight is 709 g/mol. The maximum Gasteiger partial charge on any atom is 0.311 e. The van der Waals surface area contributed by atoms with Gasteiger partial charge in [0.2, 0.25) is 0 Å². The Bertz CT molecular complexity index is 1980. The number of nitro benzene ring substituents is 2. The Morgan fingerprint density at radius 1 is 0.673 bits per heavy atom. The first-order chi connectivity index (χ1) is 25.0. The second-order valence-electron chi connectivity index (χ2n) is 12.8. The van der Waals surface area contributed by atoms with Gasteiger partial charge in [-0.25, -0.2) is 0 Å². The van der Waals surface area contributed by atoms with Gasteiger partial charge >= 0.3 is 11.4 Å². The number of nitrogens with two attached hydrogens (primary N) is 2. The highest BCUT2D eigenvalue weighted by molar-refractivity contribution is 6.04. The molecule has 0 fully saturated rings. The molecule has 0 unspecified atom stereocenters. The number of hydrogen-bond acceptors (Lipinski definition) is 12. The predicted octanol–water partition coefficient (Wildman–Crippen LogP) is 4.51. The molecule has 268 valence electrons. The second kappa shape index (κ2) is 13.5. The molecule has 16 nitrogen and oxygen atoms in total. The number of carbonyl (C=O) groups is 2. The van der Waals surface area contributed by atoms with Gasteiger partial charge in [0.05, 0.1) is 46.6 Å². The highest BCUT2D eigenvalue weighted by Crippen LogP contribution is 2.44. The predicted molar refractivity (Wildman–Crippen MR) is 190 cm³/mol. The number of anilines is 2. The Labute approximate surface area is 297 Å². The first-order valence-corrected chi connectivity index (χ1v) is 16.6. The number of nitrogens with zero attached hydrogens (tertiary/aromatic N) is 4. The van der Waals surface area contributed by atoms with E-state index in [9.17, 15) is 29.8 Å². The molecular formula is C36H36N8O8. The van der Waals surface area contributed by atoms with Crippen LogP contribution in [-0.4, -0.2) is 49.0 Å². The number of nitro groups is 2. The minimum atomic E-state index is -0.492. The van der Waals surface area contributed by atoms with Crippen LogP contribution in [-0.2, 0) is 0 Å². The number of methoxy groups -OCH3 is 2. The number of rotatable bonds is 6. The highest BCUT2D eigenvalue weighted by atomic mass is 16.6. The Balaban J connectivity index is 0.000000162. The zero-order valence-electron chi connectivity index (χ0n) is 28.3. The van der Waals surface area contributed by atoms with Gasteiger partial charge in [0.15, 0.2) is 11.5 Å². The van der Waals surface area contributed by atoms with Crippen LogP contribution in [0.3, 0.4) is 0 Å². The van der Waals surface area contributed by atoms with Gasteiger partial charge in [-0.3, -0.25) is 29.8 Å². The van der Waals surface area contributed by atoms with Gasteiger partial charge in [0.1, 0.15) is 12.3 Å². The number of para-hydroxylation sites is 2. The van der Waals surface area contributed by atoms with Crippen molar-refractivity contribution in [3.63, 3.8) is 0 Å². The van der Waals surface area contributed by atoms with Crippen molar-refractivity contribution in [3.05, 3.63) is 126 Å². The van der Waals surface area contributed by atoms with Gasteiger partial charge in [-0.05, 0) is 48.2 Å². The Morgan fingerprint density at radius 2 is 1.08 bits per heavy atom. The SMILES string of the molecule is COc1ccc([C@@H]2NC(=O)c3cccc4c3N2CC[C@H]4N)cc1[N+](=O)[O-].COc1ccc([C@H]2NC(=O)c3cccc4c3N2CC[C@@H]4N)cc1[N+](=O)[O-]. The molecule has 4 heterocycles. The standard InChI is InChI=1S/2C18H18N4O4/c2*1-26-15-6-5-10(9-14(15)22(24)25)17-20-18(23)12-4-2-3-11-13(19)7-8-21(17)16(11)12/h2*2-6,9,13,17H,7-8,19H2,1H3,(H,20,23)/t2*13-,17-/m10/s1. The maximum atomic E-state index is 12.6. The molecule has 0 aliphatic carbocycles. The van der Waals surface area contributed by atoms with Crippen molar-refractivity contribution < 1.29 is 28.9 Å². The first kappa shape index (κ1) is 34.2. The lowest BCUT2D eigenvalue weighted by Gasteiger charge is -2.44. The van der Waals surface area contributed by atoms with Crippen LogP contribution in [0.5, 0.6) is 11.5 Å². The molecule has 4 aliphatic rings. The molecule has 0 saturated heterocycles. The molecule has 4 aromatic carbocycles. The Hall–Kier alpha value is -6.26. The largest absolute Gasteiger partial charge is 0.490 e. The van der Waals surface area contributed by atoms with Gasteiger partial charge in [0.25, 0.3) is 11.8 Å². The zero-order chi connectivity index (χ0) is 36.8. The summed E-state index contributed by atoms with van der Waals surface area (Å²) in [5.74, 6) is -0.0587. The third kappa shape index (κ3) is 5.76. The smallest absolute Gasteiger partial charge is 0.311 e. The molecule has 16 heteroatoms. The normalized spacial score (nSPS) is 21.0. The molecule has 4 atom stereocenters. The molecular weight excluding hydrogens is 672 g/mol. The number of hydrogen-bond donors (Lipinski definition) is 4. The van der Waals surface area contributed by atoms with E-state index in [0.29, 0.717) is 35.3 Å². The fraction of sp³-hybridized carbons (Fsp3) is 0.278. The molecule has 4 aromatic rings. The van der Waals surface area contributed by atoms with Gasteiger partial charge in [-0.15, -0.1) is 0 Å². The first-order valence-electron chi connectivity index (χ1n) is 16.6. The number of nitrogens with one attached hydrogen (secondary N) is 2. The fourth-order valence-corrected chi connectivity index (χ4v) is 7.46. The number of carbonyl (C=O) groups excluding carboxylic acids is 2. The molecule has 52 heavy (non-hydrogen) atoms. The molecule has 0 radical (unpaired) electrons. The second-order valence-corrected chi connectivity index (χ2v) is 12.8. The number of amides is 2. The summed E-state index contributed by atoms with van der Waals surface area (Å²) in [4.78, 5) is 51.1. The van der Waals surface area contributed by atoms with Crippen LogP contribution in [0.1, 0.15) is 80.2 Å². The minimum Gasteiger partial charge on any atom is -0.490 e. The van der Waals surface area contributed by atoms with Gasteiger partial charge in [-0.1, -0.05) is 36.4 Å². The quantitative estimate of drug-likeness (QED) is 0.161. The van der Waals surface area contributed by atoms with E-state index in [4.69, 9.17) is 20.9 Å². The van der Waals surface area contributed by atoms with Crippen LogP contribution in [0.4, 0.5) is 22.7 Å². The molecule has 4 aliphatic heterocycles. The Morgan fingerprint density at radius 3 is 1.44 bits per heavy atom. The third-order valence-corrected chi connectivity index (χ3v) is 9.95. The topological polar surface area (TPSA) is 221 Å². The minimum absolute atomic E-state index is 0.127. The number of ether oxygens (including phenoxy) is 2. The van der Waals surface area contributed by atoms with Crippen LogP contribution in [0.15, 0.2) is 72.8 Å². The summed E-state index contributed by atoms with van der Waals surface area (Å²) >= 11 is 0. The van der Waals surface area contributed by atoms with Crippen molar-refractivity contribution >= 4 is 34.6 Å². The van der Waals surface area contributed by atoms with E-state index in [1.165, 1.54) is 26.4 Å². The van der Waals surface area contributed by atoms with E-state index < -0.39 is 22.2 Å². The molecule has 0 bridgehead atoms. The molecule has 2 amide bonds. The van der Waals surface area contributed by atoms with Crippen molar-refractivity contribution in [2.45, 2.75) is 37.3 Å². The summed E-state index contributed by atoms with van der Waals surface area (Å²) in [6.45, 7) is 1.30. The van der Waals surface area contributed by atoms with E-state index in [2.05, 4.69) is 20.4 Å². The van der Waals surface area contributed by atoms with E-state index in [0.717, 1.165) is 35.3 Å². The maximum absolute atomic E-state index is 12.6. The molecule has 6 N–H and O–H groups in total. The zero-order valence-corrected chi connectivity index (χ0v) is 28.3. The van der Waals surface area contributed by atoms with Crippen molar-refractivity contribution in [1.82, 2.24) is 10.6 Å². The summed E-state index contributed by atoms with van der Waals surface area (Å²) in [5.41, 5.74) is 18.1. The molecule has 8 rings (SSSR count). The lowest BCUT2D eigenvalue weighted by atomic mass is 9.90. The summed E-state index contributed by atoms with van der Waals surface area (Å²) in [5, 5.41) is 28.6. The molecule has 0 spiro atoms. The highest BCUT2D eigenvalue weighted by Gasteiger charge is 2.39. The van der Waals surface area contributed by atoms with E-state index in [-0.39, 0.29) is 46.8 Å². The van der Waals surface area contributed by atoms with E-state index in [1.54, 1.807) is 36.4 Å². The Kier molecular flexibility index (Phi) is 8.85. The van der Waals surface area contributed by atoms with Crippen LogP contribution >= 0.6 is 0 Å². The summed E-state index contributed by atoms with van der Waals surface area (Å²) < 4.78 is 10.1. The molecule has 0 saturated carbocycles. The fourth-order valence-electron chi connectivity index (χ4n) is 7.46. The van der Waals surface area contributed by atoms with Crippen molar-refractivity contribution in [3.8, 4) is 11.5 Å². The lowest BCUT2D eigenvalue weighted by molar-refractivity contribution is -0.386. The van der Waals surface area contributed by atoms with Crippen LogP contribution < -0.4 is 41.4 Å². The van der Waals surface area contributed by atoms with Crippen molar-refractivity contribution in [2.24, 2.45) is 11.5 Å². The van der Waals surface area contributed by atoms with Gasteiger partial charge in [-0.2, -0.15) is 0 Å². The summed E-state index contributed by atoms with van der Waals surface area (Å²) in [6.07, 6.45) is 0.490. The van der Waals surface area contributed by atoms with Crippen molar-refractivity contribution in [2.75, 3.05) is 37.1 Å². The van der Waals surface area contributed by atoms with E-state index >= 15 is 0 Å². The van der Waals surface area contributed by atoms with Gasteiger partial charge < -0.3 is 41.4 Å². The van der Waals surface area contributed by atoms with Crippen LogP contribution in [0, 0.1) is 20.2 Å². The molecule has 0 aromatic heterocycles. The van der Waals surface area contributed by atoms with Gasteiger partial charge in [0, 0.05) is 48.4 Å². The van der Waals surface area contributed by atoms with Crippen LogP contribution in [0.25, 0.3) is 0 Å². The van der Waals surface area contributed by atoms with Crippen LogP contribution in [0.2, 0.25) is 0 Å². The monoisotopic (exact) mass is 708 g/mol. The lowest BCUT2D eigenvalue weighted by Crippen LogP contribution is -2.49. The number of benzene rings is 4. The summed E-state index contributed by atoms with van der Waals surface area (Å²) in [6, 6.07) is 20.3. The third-order valence-electron chi connectivity index (χ3n) is 9.95.